The van der Waals surface area contributed by atoms with E-state index in [0.717, 1.165) is 45.3 Å². The molecule has 0 amide bonds. The van der Waals surface area contributed by atoms with Crippen molar-refractivity contribution in [2.24, 2.45) is 23.2 Å². The normalized spacial score (nSPS) is 36.5. The zero-order valence-electron chi connectivity index (χ0n) is 15.8. The Balaban J connectivity index is 1.31. The van der Waals surface area contributed by atoms with Crippen LogP contribution in [0.25, 0.3) is 0 Å². The lowest BCUT2D eigenvalue weighted by Crippen LogP contribution is -2.45. The summed E-state index contributed by atoms with van der Waals surface area (Å²) in [5, 5.41) is 3.49. The van der Waals surface area contributed by atoms with Crippen LogP contribution in [0.5, 0.6) is 0 Å². The second kappa shape index (κ2) is 7.18. The van der Waals surface area contributed by atoms with Crippen LogP contribution in [0.3, 0.4) is 0 Å². The van der Waals surface area contributed by atoms with Crippen LogP contribution in [0.1, 0.15) is 45.4 Å². The number of carbonyl (C=O) groups is 1. The van der Waals surface area contributed by atoms with Crippen molar-refractivity contribution in [2.45, 2.75) is 58.1 Å². The molecular weight excluding hydrogens is 326 g/mol. The van der Waals surface area contributed by atoms with Crippen molar-refractivity contribution < 1.29 is 9.53 Å². The molecule has 0 unspecified atom stereocenters. The summed E-state index contributed by atoms with van der Waals surface area (Å²) in [5.74, 6) is 0.940. The Morgan fingerprint density at radius 3 is 3.19 bits per heavy atom. The SMILES string of the molecule is C=C1CCC[C@]2(C)C[C@H]3OC(=O)[C@H](CNCCCn4ccnc4)[C@H]3C[C@@H]12. The Morgan fingerprint density at radius 2 is 2.38 bits per heavy atom. The number of ether oxygens (including phenoxy) is 1. The molecule has 0 aromatic carbocycles. The van der Waals surface area contributed by atoms with Crippen molar-refractivity contribution in [3.05, 3.63) is 30.9 Å². The van der Waals surface area contributed by atoms with Gasteiger partial charge in [-0.3, -0.25) is 4.79 Å². The lowest BCUT2D eigenvalue weighted by molar-refractivity contribution is -0.146. The van der Waals surface area contributed by atoms with Gasteiger partial charge >= 0.3 is 5.97 Å². The van der Waals surface area contributed by atoms with Gasteiger partial charge in [0.05, 0.1) is 12.2 Å². The molecule has 1 aliphatic heterocycles. The first-order chi connectivity index (χ1) is 12.6. The van der Waals surface area contributed by atoms with Crippen LogP contribution in [-0.4, -0.2) is 34.7 Å². The van der Waals surface area contributed by atoms with Crippen LogP contribution in [0.15, 0.2) is 30.9 Å². The van der Waals surface area contributed by atoms with Crippen LogP contribution < -0.4 is 5.32 Å². The van der Waals surface area contributed by atoms with Crippen molar-refractivity contribution in [3.63, 3.8) is 0 Å². The van der Waals surface area contributed by atoms with E-state index in [0.29, 0.717) is 11.8 Å². The van der Waals surface area contributed by atoms with Crippen molar-refractivity contribution in [1.82, 2.24) is 14.9 Å². The van der Waals surface area contributed by atoms with E-state index in [1.54, 1.807) is 6.20 Å². The minimum atomic E-state index is 0.00696. The Morgan fingerprint density at radius 1 is 1.50 bits per heavy atom. The molecule has 1 aromatic rings. The number of hydrogen-bond donors (Lipinski definition) is 1. The summed E-state index contributed by atoms with van der Waals surface area (Å²) in [6.07, 6.45) is 12.5. The molecule has 5 atom stereocenters. The molecule has 0 bridgehead atoms. The molecule has 2 heterocycles. The molecule has 26 heavy (non-hydrogen) atoms. The largest absolute Gasteiger partial charge is 0.462 e. The minimum absolute atomic E-state index is 0.00696. The van der Waals surface area contributed by atoms with Gasteiger partial charge in [-0.25, -0.2) is 4.98 Å². The number of esters is 1. The van der Waals surface area contributed by atoms with E-state index < -0.39 is 0 Å². The molecule has 142 valence electrons. The fraction of sp³-hybridized carbons (Fsp3) is 0.714. The van der Waals surface area contributed by atoms with Crippen LogP contribution in [0.4, 0.5) is 0 Å². The van der Waals surface area contributed by atoms with E-state index in [2.05, 4.69) is 28.4 Å². The monoisotopic (exact) mass is 357 g/mol. The average molecular weight is 357 g/mol. The highest BCUT2D eigenvalue weighted by atomic mass is 16.6. The predicted octanol–water partition coefficient (Wildman–Crippen LogP) is 3.18. The van der Waals surface area contributed by atoms with Crippen molar-refractivity contribution in [1.29, 1.82) is 0 Å². The molecule has 3 fully saturated rings. The first-order valence-corrected chi connectivity index (χ1v) is 10.1. The maximum Gasteiger partial charge on any atom is 0.310 e. The molecule has 0 spiro atoms. The van der Waals surface area contributed by atoms with Crippen LogP contribution in [-0.2, 0) is 16.1 Å². The van der Waals surface area contributed by atoms with E-state index in [4.69, 9.17) is 4.74 Å². The Labute approximate surface area is 156 Å². The molecule has 5 nitrogen and oxygen atoms in total. The molecule has 4 rings (SSSR count). The van der Waals surface area contributed by atoms with Crippen LogP contribution >= 0.6 is 0 Å². The van der Waals surface area contributed by atoms with Gasteiger partial charge in [-0.05, 0) is 56.4 Å². The van der Waals surface area contributed by atoms with Crippen molar-refractivity contribution in [2.75, 3.05) is 13.1 Å². The van der Waals surface area contributed by atoms with Gasteiger partial charge in [0.2, 0.25) is 0 Å². The second-order valence-corrected chi connectivity index (χ2v) is 8.76. The topological polar surface area (TPSA) is 56.1 Å². The van der Waals surface area contributed by atoms with Gasteiger partial charge in [0.25, 0.3) is 0 Å². The Bertz CT molecular complexity index is 656. The summed E-state index contributed by atoms with van der Waals surface area (Å²) in [7, 11) is 0. The van der Waals surface area contributed by atoms with E-state index >= 15 is 0 Å². The molecule has 1 N–H and O–H groups in total. The second-order valence-electron chi connectivity index (χ2n) is 8.76. The zero-order chi connectivity index (χ0) is 18.1. The number of aryl methyl sites for hydroxylation is 1. The summed E-state index contributed by atoms with van der Waals surface area (Å²) in [5.41, 5.74) is 1.69. The van der Waals surface area contributed by atoms with Gasteiger partial charge in [0.15, 0.2) is 0 Å². The fourth-order valence-corrected chi connectivity index (χ4v) is 5.55. The molecule has 3 aliphatic rings. The molecule has 0 radical (unpaired) electrons. The Kier molecular flexibility index (Phi) is 4.91. The molecule has 2 saturated carbocycles. The molecule has 1 aromatic heterocycles. The lowest BCUT2D eigenvalue weighted by atomic mass is 9.55. The molecular formula is C21H31N3O2. The number of imidazole rings is 1. The summed E-state index contributed by atoms with van der Waals surface area (Å²) in [4.78, 5) is 16.5. The number of aromatic nitrogens is 2. The van der Waals surface area contributed by atoms with Crippen LogP contribution in [0, 0.1) is 23.2 Å². The quantitative estimate of drug-likeness (QED) is 0.483. The van der Waals surface area contributed by atoms with E-state index in [1.807, 2.05) is 12.5 Å². The number of nitrogens with zero attached hydrogens (tertiary/aromatic N) is 2. The maximum atomic E-state index is 12.5. The summed E-state index contributed by atoms with van der Waals surface area (Å²) in [6.45, 7) is 9.35. The minimum Gasteiger partial charge on any atom is -0.462 e. The summed E-state index contributed by atoms with van der Waals surface area (Å²) >= 11 is 0. The highest BCUT2D eigenvalue weighted by Gasteiger charge is 2.54. The van der Waals surface area contributed by atoms with Gasteiger partial charge in [-0.1, -0.05) is 19.1 Å². The fourth-order valence-electron chi connectivity index (χ4n) is 5.55. The molecule has 1 saturated heterocycles. The summed E-state index contributed by atoms with van der Waals surface area (Å²) < 4.78 is 7.90. The van der Waals surface area contributed by atoms with Gasteiger partial charge in [-0.15, -0.1) is 0 Å². The number of nitrogens with one attached hydrogen (secondary N) is 1. The smallest absolute Gasteiger partial charge is 0.310 e. The first-order valence-electron chi connectivity index (χ1n) is 10.1. The number of hydrogen-bond acceptors (Lipinski definition) is 4. The maximum absolute atomic E-state index is 12.5. The highest BCUT2D eigenvalue weighted by Crippen LogP contribution is 2.56. The zero-order valence-corrected chi connectivity index (χ0v) is 15.8. The third kappa shape index (κ3) is 3.34. The Hall–Kier alpha value is -1.62. The van der Waals surface area contributed by atoms with Gasteiger partial charge < -0.3 is 14.6 Å². The van der Waals surface area contributed by atoms with Gasteiger partial charge in [0.1, 0.15) is 6.10 Å². The van der Waals surface area contributed by atoms with E-state index in [9.17, 15) is 4.79 Å². The van der Waals surface area contributed by atoms with E-state index in [1.165, 1.54) is 18.4 Å². The average Bonchev–Trinajstić information content (AvgIpc) is 3.21. The van der Waals surface area contributed by atoms with Gasteiger partial charge in [0, 0.05) is 31.4 Å². The third-order valence-electron chi connectivity index (χ3n) is 7.01. The standard InChI is InChI=1S/C21H31N3O2/c1-15-5-3-6-21(2)12-19-16(11-18(15)21)17(20(25)26-19)13-22-7-4-9-24-10-8-23-14-24/h8,10,14,16-19,22H,1,3-7,9,11-13H2,2H3/t16-,17-,18+,19-,21-/m1/s1. The van der Waals surface area contributed by atoms with Crippen LogP contribution in [0.2, 0.25) is 0 Å². The van der Waals surface area contributed by atoms with Crippen molar-refractivity contribution >= 4 is 5.97 Å². The number of carbonyl (C=O) groups excluding carboxylic acids is 1. The predicted molar refractivity (Wildman–Crippen MR) is 100 cm³/mol. The van der Waals surface area contributed by atoms with E-state index in [-0.39, 0.29) is 23.4 Å². The first kappa shape index (κ1) is 17.8. The number of allylic oxidation sites excluding steroid dienone is 1. The van der Waals surface area contributed by atoms with Gasteiger partial charge in [-0.2, -0.15) is 0 Å². The molecule has 5 heteroatoms. The highest BCUT2D eigenvalue weighted by molar-refractivity contribution is 5.75. The third-order valence-corrected chi connectivity index (χ3v) is 7.01. The van der Waals surface area contributed by atoms with Crippen molar-refractivity contribution in [3.8, 4) is 0 Å². The molecule has 2 aliphatic carbocycles. The summed E-state index contributed by atoms with van der Waals surface area (Å²) in [6, 6.07) is 0. The lowest BCUT2D eigenvalue weighted by Gasteiger charge is -2.50. The number of rotatable bonds is 6. The number of fused-ring (bicyclic) bond motifs is 2.